The molecule has 1 aliphatic rings. The van der Waals surface area contributed by atoms with E-state index in [1.807, 2.05) is 24.3 Å². The predicted octanol–water partition coefficient (Wildman–Crippen LogP) is 2.61. The van der Waals surface area contributed by atoms with Crippen LogP contribution in [0.25, 0.3) is 0 Å². The third-order valence-electron chi connectivity index (χ3n) is 3.29. The number of nitrogens with zero attached hydrogens (tertiary/aromatic N) is 2. The molecule has 108 valence electrons. The molecule has 2 heterocycles. The van der Waals surface area contributed by atoms with Crippen molar-refractivity contribution < 1.29 is 4.79 Å². The number of hydrogen-bond donors (Lipinski definition) is 2. The number of benzene rings is 1. The Morgan fingerprint density at radius 3 is 2.90 bits per heavy atom. The van der Waals surface area contributed by atoms with E-state index < -0.39 is 6.04 Å². The van der Waals surface area contributed by atoms with Crippen LogP contribution in [0.2, 0.25) is 10.4 Å². The summed E-state index contributed by atoms with van der Waals surface area (Å²) in [6.45, 7) is 0.750. The van der Waals surface area contributed by atoms with Crippen molar-refractivity contribution in [3.8, 4) is 0 Å². The van der Waals surface area contributed by atoms with Crippen molar-refractivity contribution in [2.75, 3.05) is 11.9 Å². The van der Waals surface area contributed by atoms with E-state index in [1.165, 1.54) is 11.6 Å². The first-order valence-electron chi connectivity index (χ1n) is 6.45. The molecule has 0 fully saturated rings. The lowest BCUT2D eigenvalue weighted by Gasteiger charge is -2.25. The van der Waals surface area contributed by atoms with Crippen LogP contribution in [0.4, 0.5) is 5.82 Å². The first-order chi connectivity index (χ1) is 10.1. The highest BCUT2D eigenvalue weighted by Crippen LogP contribution is 2.24. The van der Waals surface area contributed by atoms with Crippen molar-refractivity contribution in [2.45, 2.75) is 12.5 Å². The van der Waals surface area contributed by atoms with E-state index in [2.05, 4.69) is 20.6 Å². The molecule has 2 aromatic rings. The first-order valence-corrected chi connectivity index (χ1v) is 7.21. The summed E-state index contributed by atoms with van der Waals surface area (Å²) in [7, 11) is 0. The number of anilines is 1. The number of fused-ring (bicyclic) bond motifs is 1. The van der Waals surface area contributed by atoms with Crippen LogP contribution in [0.3, 0.4) is 0 Å². The monoisotopic (exact) mass is 322 g/mol. The Hall–Kier alpha value is -1.69. The summed E-state index contributed by atoms with van der Waals surface area (Å²) < 4.78 is 0. The van der Waals surface area contributed by atoms with E-state index in [9.17, 15) is 4.79 Å². The number of carbonyl (C=O) groups is 1. The molecule has 1 unspecified atom stereocenters. The lowest BCUT2D eigenvalue weighted by atomic mass is 9.94. The van der Waals surface area contributed by atoms with Gasteiger partial charge in [-0.3, -0.25) is 4.79 Å². The molecule has 21 heavy (non-hydrogen) atoms. The number of halogens is 2. The standard InChI is InChI=1S/C14H12Cl2N4O/c15-10-7-11(20-14(16)18-10)19-13(21)12-9-4-2-1-3-8(9)5-6-17-12/h1-4,7,12,17H,5-6H2,(H,18,19,20,21). The Kier molecular flexibility index (Phi) is 4.05. The highest BCUT2D eigenvalue weighted by molar-refractivity contribution is 6.32. The lowest BCUT2D eigenvalue weighted by molar-refractivity contribution is -0.118. The molecule has 1 atom stereocenters. The summed E-state index contributed by atoms with van der Waals surface area (Å²) in [4.78, 5) is 20.1. The molecule has 7 heteroatoms. The van der Waals surface area contributed by atoms with Crippen LogP contribution in [-0.2, 0) is 11.2 Å². The van der Waals surface area contributed by atoms with Crippen LogP contribution in [0.1, 0.15) is 17.2 Å². The Morgan fingerprint density at radius 1 is 1.29 bits per heavy atom. The fourth-order valence-electron chi connectivity index (χ4n) is 2.39. The van der Waals surface area contributed by atoms with Gasteiger partial charge >= 0.3 is 0 Å². The minimum atomic E-state index is -0.414. The number of amides is 1. The van der Waals surface area contributed by atoms with E-state index in [0.717, 1.165) is 18.5 Å². The van der Waals surface area contributed by atoms with Gasteiger partial charge in [0.1, 0.15) is 17.0 Å². The third-order valence-corrected chi connectivity index (χ3v) is 3.65. The summed E-state index contributed by atoms with van der Waals surface area (Å²) in [6.07, 6.45) is 0.908. The summed E-state index contributed by atoms with van der Waals surface area (Å²) in [6, 6.07) is 8.93. The first kappa shape index (κ1) is 14.3. The average molecular weight is 323 g/mol. The van der Waals surface area contributed by atoms with Gasteiger partial charge in [-0.2, -0.15) is 0 Å². The smallest absolute Gasteiger partial charge is 0.247 e. The number of nitrogens with one attached hydrogen (secondary N) is 2. The normalized spacial score (nSPS) is 17.1. The molecule has 1 aromatic carbocycles. The van der Waals surface area contributed by atoms with E-state index >= 15 is 0 Å². The average Bonchev–Trinajstić information content (AvgIpc) is 2.45. The zero-order chi connectivity index (χ0) is 14.8. The van der Waals surface area contributed by atoms with Gasteiger partial charge in [0.05, 0.1) is 0 Å². The highest BCUT2D eigenvalue weighted by Gasteiger charge is 2.26. The molecule has 5 nitrogen and oxygen atoms in total. The van der Waals surface area contributed by atoms with Crippen molar-refractivity contribution in [1.82, 2.24) is 15.3 Å². The van der Waals surface area contributed by atoms with Gasteiger partial charge in [-0.05, 0) is 29.1 Å². The van der Waals surface area contributed by atoms with Crippen LogP contribution in [0.5, 0.6) is 0 Å². The van der Waals surface area contributed by atoms with Crippen LogP contribution >= 0.6 is 23.2 Å². The zero-order valence-corrected chi connectivity index (χ0v) is 12.4. The van der Waals surface area contributed by atoms with E-state index in [1.54, 1.807) is 0 Å². The van der Waals surface area contributed by atoms with Crippen LogP contribution in [0.15, 0.2) is 30.3 Å². The Balaban J connectivity index is 1.83. The zero-order valence-electron chi connectivity index (χ0n) is 10.9. The lowest BCUT2D eigenvalue weighted by Crippen LogP contribution is -2.38. The van der Waals surface area contributed by atoms with Gasteiger partial charge in [0.25, 0.3) is 0 Å². The van der Waals surface area contributed by atoms with Gasteiger partial charge in [-0.25, -0.2) is 9.97 Å². The second kappa shape index (κ2) is 5.97. The maximum absolute atomic E-state index is 12.4. The second-order valence-corrected chi connectivity index (χ2v) is 5.40. The molecule has 1 amide bonds. The number of carbonyl (C=O) groups excluding carboxylic acids is 1. The van der Waals surface area contributed by atoms with Crippen molar-refractivity contribution in [3.63, 3.8) is 0 Å². The molecule has 0 saturated carbocycles. The van der Waals surface area contributed by atoms with Gasteiger partial charge in [-0.1, -0.05) is 35.9 Å². The van der Waals surface area contributed by atoms with Gasteiger partial charge in [0.2, 0.25) is 11.2 Å². The second-order valence-electron chi connectivity index (χ2n) is 4.67. The summed E-state index contributed by atoms with van der Waals surface area (Å²) in [5, 5.41) is 6.09. The number of hydrogen-bond acceptors (Lipinski definition) is 4. The molecular formula is C14H12Cl2N4O. The van der Waals surface area contributed by atoms with E-state index in [-0.39, 0.29) is 22.2 Å². The van der Waals surface area contributed by atoms with Crippen molar-refractivity contribution in [2.24, 2.45) is 0 Å². The molecule has 0 aliphatic carbocycles. The maximum atomic E-state index is 12.4. The summed E-state index contributed by atoms with van der Waals surface area (Å²) in [5.41, 5.74) is 2.16. The van der Waals surface area contributed by atoms with Crippen LogP contribution < -0.4 is 10.6 Å². The molecule has 0 spiro atoms. The Labute approximate surface area is 131 Å². The maximum Gasteiger partial charge on any atom is 0.247 e. The van der Waals surface area contributed by atoms with Crippen LogP contribution in [-0.4, -0.2) is 22.4 Å². The molecule has 0 bridgehead atoms. The topological polar surface area (TPSA) is 66.9 Å². The molecule has 0 saturated heterocycles. The molecular weight excluding hydrogens is 311 g/mol. The molecule has 3 rings (SSSR count). The van der Waals surface area contributed by atoms with Gasteiger partial charge < -0.3 is 10.6 Å². The SMILES string of the molecule is O=C(Nc1cc(Cl)nc(Cl)n1)C1NCCc2ccccc21. The van der Waals surface area contributed by atoms with Crippen molar-refractivity contribution >= 4 is 34.9 Å². The van der Waals surface area contributed by atoms with E-state index in [0.29, 0.717) is 0 Å². The van der Waals surface area contributed by atoms with Gasteiger partial charge in [0, 0.05) is 12.6 Å². The minimum absolute atomic E-state index is 0.00481. The Bertz CT molecular complexity index is 672. The third kappa shape index (κ3) is 3.15. The van der Waals surface area contributed by atoms with Gasteiger partial charge in [-0.15, -0.1) is 0 Å². The van der Waals surface area contributed by atoms with Gasteiger partial charge in [0.15, 0.2) is 0 Å². The van der Waals surface area contributed by atoms with E-state index in [4.69, 9.17) is 23.2 Å². The highest BCUT2D eigenvalue weighted by atomic mass is 35.5. The number of rotatable bonds is 2. The predicted molar refractivity (Wildman–Crippen MR) is 81.6 cm³/mol. The van der Waals surface area contributed by atoms with Crippen molar-refractivity contribution in [1.29, 1.82) is 0 Å². The summed E-state index contributed by atoms with van der Waals surface area (Å²) in [5.74, 6) is 0.0860. The summed E-state index contributed by atoms with van der Waals surface area (Å²) >= 11 is 11.5. The Morgan fingerprint density at radius 2 is 2.10 bits per heavy atom. The molecule has 1 aliphatic heterocycles. The molecule has 1 aromatic heterocycles. The largest absolute Gasteiger partial charge is 0.309 e. The fraction of sp³-hybridized carbons (Fsp3) is 0.214. The molecule has 0 radical (unpaired) electrons. The number of aromatic nitrogens is 2. The van der Waals surface area contributed by atoms with Crippen molar-refractivity contribution in [3.05, 3.63) is 51.9 Å². The minimum Gasteiger partial charge on any atom is -0.309 e. The fourth-order valence-corrected chi connectivity index (χ4v) is 2.80. The quantitative estimate of drug-likeness (QED) is 0.658. The van der Waals surface area contributed by atoms with Crippen LogP contribution in [0, 0.1) is 0 Å². The molecule has 2 N–H and O–H groups in total.